The number of aliphatic hydroxyl groups is 1. The Balaban J connectivity index is 4.11. The molecule has 0 aromatic rings. The smallest absolute Gasteiger partial charge is 0.387 e. The minimum Gasteiger partial charge on any atom is -0.387 e. The summed E-state index contributed by atoms with van der Waals surface area (Å²) in [5.74, 6) is -0.194. The monoisotopic (exact) mass is 689 g/mol. The third kappa shape index (κ3) is 33.5. The molecule has 5 N–H and O–H groups in total. The van der Waals surface area contributed by atoms with Crippen molar-refractivity contribution in [3.63, 3.8) is 0 Å². The molecular formula is C38H77N2O6P. The molecule has 0 rings (SSSR count). The van der Waals surface area contributed by atoms with Crippen LogP contribution in [0, 0.1) is 0 Å². The number of allylic oxidation sites excluding steroid dienone is 1. The number of nitrogens with one attached hydrogen (secondary N) is 1. The van der Waals surface area contributed by atoms with Crippen LogP contribution in [0.2, 0.25) is 0 Å². The first kappa shape index (κ1) is 46.2. The maximum absolute atomic E-state index is 12.7. The number of nitrogens with two attached hydrogens (primary N) is 1. The van der Waals surface area contributed by atoms with Gasteiger partial charge in [-0.15, -0.1) is 0 Å². The zero-order chi connectivity index (χ0) is 34.7. The van der Waals surface area contributed by atoms with Gasteiger partial charge in [0.05, 0.1) is 25.4 Å². The lowest BCUT2D eigenvalue weighted by atomic mass is 10.0. The van der Waals surface area contributed by atoms with Crippen molar-refractivity contribution in [3.8, 4) is 0 Å². The van der Waals surface area contributed by atoms with Crippen molar-refractivity contribution in [1.29, 1.82) is 0 Å². The summed E-state index contributed by atoms with van der Waals surface area (Å²) in [5, 5.41) is 13.6. The molecule has 0 spiro atoms. The van der Waals surface area contributed by atoms with Crippen molar-refractivity contribution < 1.29 is 28.4 Å². The van der Waals surface area contributed by atoms with Crippen LogP contribution in [-0.2, 0) is 18.4 Å². The predicted octanol–water partition coefficient (Wildman–Crippen LogP) is 10.4. The van der Waals surface area contributed by atoms with Crippen LogP contribution >= 0.6 is 7.82 Å². The number of rotatable bonds is 37. The molecule has 0 aromatic carbocycles. The Labute approximate surface area is 290 Å². The number of aliphatic hydroxyl groups excluding tert-OH is 1. The van der Waals surface area contributed by atoms with Crippen LogP contribution in [0.1, 0.15) is 194 Å². The van der Waals surface area contributed by atoms with Gasteiger partial charge < -0.3 is 21.1 Å². The molecule has 0 radical (unpaired) electrons. The number of hydrogen-bond acceptors (Lipinski definition) is 6. The lowest BCUT2D eigenvalue weighted by Crippen LogP contribution is -2.45. The summed E-state index contributed by atoms with van der Waals surface area (Å²) in [4.78, 5) is 22.6. The molecule has 9 heteroatoms. The first-order valence-corrected chi connectivity index (χ1v) is 21.3. The molecule has 0 bridgehead atoms. The van der Waals surface area contributed by atoms with E-state index in [-0.39, 0.29) is 25.7 Å². The van der Waals surface area contributed by atoms with Gasteiger partial charge in [0.25, 0.3) is 0 Å². The molecule has 3 unspecified atom stereocenters. The minimum absolute atomic E-state index is 0.0808. The van der Waals surface area contributed by atoms with E-state index in [0.29, 0.717) is 6.42 Å². The SMILES string of the molecule is CCCCCCCCC/C=C/C(O)C(COP(=O)(O)OCCN)NC(=O)CCCCCCCCCCCCCCCCCCCCC. The molecule has 0 heterocycles. The van der Waals surface area contributed by atoms with Gasteiger partial charge in [0.15, 0.2) is 0 Å². The Kier molecular flexibility index (Phi) is 34.5. The number of hydrogen-bond donors (Lipinski definition) is 4. The number of carbonyl (C=O) groups excluding carboxylic acids is 1. The van der Waals surface area contributed by atoms with Crippen LogP contribution in [0.5, 0.6) is 0 Å². The van der Waals surface area contributed by atoms with Crippen LogP contribution in [0.3, 0.4) is 0 Å². The standard InChI is InChI=1S/C38H77N2O6P/c1-3-5-7-9-11-13-14-15-16-17-18-19-20-21-22-24-26-28-30-32-38(42)40-36(35-46-47(43,44)45-34-33-39)37(41)31-29-27-25-23-12-10-8-6-4-2/h29,31,36-37,41H,3-28,30,32-35,39H2,1-2H3,(H,40,42)(H,43,44)/b31-29+. The average molecular weight is 689 g/mol. The Bertz CT molecular complexity index is 754. The second kappa shape index (κ2) is 35.1. The number of amides is 1. The fourth-order valence-electron chi connectivity index (χ4n) is 5.84. The lowest BCUT2D eigenvalue weighted by Gasteiger charge is -2.23. The van der Waals surface area contributed by atoms with Gasteiger partial charge in [-0.05, 0) is 19.3 Å². The van der Waals surface area contributed by atoms with Crippen LogP contribution in [0.25, 0.3) is 0 Å². The van der Waals surface area contributed by atoms with Gasteiger partial charge in [-0.25, -0.2) is 4.57 Å². The molecule has 47 heavy (non-hydrogen) atoms. The topological polar surface area (TPSA) is 131 Å². The van der Waals surface area contributed by atoms with E-state index in [1.807, 2.05) is 6.08 Å². The van der Waals surface area contributed by atoms with E-state index in [4.69, 9.17) is 14.8 Å². The summed E-state index contributed by atoms with van der Waals surface area (Å²) < 4.78 is 22.0. The van der Waals surface area contributed by atoms with Gasteiger partial charge in [0.1, 0.15) is 0 Å². The molecule has 1 amide bonds. The van der Waals surface area contributed by atoms with Crippen molar-refractivity contribution in [2.45, 2.75) is 206 Å². The van der Waals surface area contributed by atoms with Crippen molar-refractivity contribution in [3.05, 3.63) is 12.2 Å². The van der Waals surface area contributed by atoms with E-state index in [2.05, 4.69) is 19.2 Å². The molecule has 0 fully saturated rings. The molecule has 3 atom stereocenters. The highest BCUT2D eigenvalue weighted by Crippen LogP contribution is 2.43. The summed E-state index contributed by atoms with van der Waals surface area (Å²) in [6, 6.07) is -0.852. The summed E-state index contributed by atoms with van der Waals surface area (Å²) in [6.07, 6.45) is 36.9. The zero-order valence-corrected chi connectivity index (χ0v) is 31.7. The molecule has 0 aliphatic heterocycles. The van der Waals surface area contributed by atoms with Crippen molar-refractivity contribution in [2.75, 3.05) is 19.8 Å². The van der Waals surface area contributed by atoms with E-state index < -0.39 is 20.0 Å². The minimum atomic E-state index is -4.32. The first-order chi connectivity index (χ1) is 22.9. The van der Waals surface area contributed by atoms with Crippen LogP contribution < -0.4 is 11.1 Å². The molecule has 280 valence electrons. The predicted molar refractivity (Wildman–Crippen MR) is 198 cm³/mol. The van der Waals surface area contributed by atoms with E-state index in [1.54, 1.807) is 6.08 Å². The van der Waals surface area contributed by atoms with Gasteiger partial charge in [-0.2, -0.15) is 0 Å². The molecule has 0 aliphatic carbocycles. The normalized spacial score (nSPS) is 14.4. The highest BCUT2D eigenvalue weighted by atomic mass is 31.2. The molecule has 0 aliphatic rings. The van der Waals surface area contributed by atoms with E-state index in [0.717, 1.165) is 38.5 Å². The van der Waals surface area contributed by atoms with Gasteiger partial charge in [0.2, 0.25) is 5.91 Å². The lowest BCUT2D eigenvalue weighted by molar-refractivity contribution is -0.123. The number of phosphoric acid groups is 1. The molecular weight excluding hydrogens is 611 g/mol. The van der Waals surface area contributed by atoms with Crippen molar-refractivity contribution in [2.24, 2.45) is 5.73 Å². The van der Waals surface area contributed by atoms with Crippen LogP contribution in [0.4, 0.5) is 0 Å². The Hall–Kier alpha value is -0.760. The molecule has 0 saturated heterocycles. The summed E-state index contributed by atoms with van der Waals surface area (Å²) >= 11 is 0. The summed E-state index contributed by atoms with van der Waals surface area (Å²) in [7, 11) is -4.32. The fourth-order valence-corrected chi connectivity index (χ4v) is 6.60. The second-order valence-corrected chi connectivity index (χ2v) is 15.0. The summed E-state index contributed by atoms with van der Waals surface area (Å²) in [6.45, 7) is 4.11. The fraction of sp³-hybridized carbons (Fsp3) is 0.921. The second-order valence-electron chi connectivity index (χ2n) is 13.5. The Morgan fingerprint density at radius 3 is 1.51 bits per heavy atom. The number of unbranched alkanes of at least 4 members (excludes halogenated alkanes) is 25. The van der Waals surface area contributed by atoms with Crippen LogP contribution in [0.15, 0.2) is 12.2 Å². The van der Waals surface area contributed by atoms with E-state index >= 15 is 0 Å². The third-order valence-electron chi connectivity index (χ3n) is 8.86. The highest BCUT2D eigenvalue weighted by molar-refractivity contribution is 7.47. The first-order valence-electron chi connectivity index (χ1n) is 19.8. The molecule has 0 aromatic heterocycles. The Morgan fingerprint density at radius 2 is 1.09 bits per heavy atom. The molecule has 0 saturated carbocycles. The van der Waals surface area contributed by atoms with E-state index in [1.165, 1.54) is 135 Å². The molecule has 8 nitrogen and oxygen atoms in total. The highest BCUT2D eigenvalue weighted by Gasteiger charge is 2.26. The largest absolute Gasteiger partial charge is 0.472 e. The van der Waals surface area contributed by atoms with Crippen molar-refractivity contribution >= 4 is 13.7 Å². The summed E-state index contributed by atoms with van der Waals surface area (Å²) in [5.41, 5.74) is 5.35. The number of phosphoric ester groups is 1. The van der Waals surface area contributed by atoms with Gasteiger partial charge in [-0.3, -0.25) is 13.8 Å². The quantitative estimate of drug-likeness (QED) is 0.0290. The number of carbonyl (C=O) groups is 1. The van der Waals surface area contributed by atoms with Gasteiger partial charge >= 0.3 is 7.82 Å². The Morgan fingerprint density at radius 1 is 0.681 bits per heavy atom. The van der Waals surface area contributed by atoms with Gasteiger partial charge in [0, 0.05) is 13.0 Å². The van der Waals surface area contributed by atoms with E-state index in [9.17, 15) is 19.4 Å². The zero-order valence-electron chi connectivity index (χ0n) is 30.8. The van der Waals surface area contributed by atoms with Crippen molar-refractivity contribution in [1.82, 2.24) is 5.32 Å². The average Bonchev–Trinajstić information content (AvgIpc) is 3.05. The van der Waals surface area contributed by atoms with Gasteiger partial charge in [-0.1, -0.05) is 180 Å². The maximum atomic E-state index is 12.7. The third-order valence-corrected chi connectivity index (χ3v) is 9.85. The maximum Gasteiger partial charge on any atom is 0.472 e. The van der Waals surface area contributed by atoms with Crippen LogP contribution in [-0.4, -0.2) is 47.8 Å².